The molecule has 21 heavy (non-hydrogen) atoms. The Morgan fingerprint density at radius 3 is 2.67 bits per heavy atom. The zero-order valence-electron chi connectivity index (χ0n) is 11.7. The van der Waals surface area contributed by atoms with Gasteiger partial charge in [-0.3, -0.25) is 0 Å². The van der Waals surface area contributed by atoms with Crippen molar-refractivity contribution in [2.75, 3.05) is 19.0 Å². The molecule has 2 N–H and O–H groups in total. The quantitative estimate of drug-likeness (QED) is 0.884. The molecule has 0 unspecified atom stereocenters. The smallest absolute Gasteiger partial charge is 0.319 e. The summed E-state index contributed by atoms with van der Waals surface area (Å²) in [7, 11) is 1.64. The van der Waals surface area contributed by atoms with Gasteiger partial charge in [-0.05, 0) is 48.4 Å². The second-order valence-electron chi connectivity index (χ2n) is 4.49. The highest BCUT2D eigenvalue weighted by Crippen LogP contribution is 2.14. The van der Waals surface area contributed by atoms with Crippen molar-refractivity contribution in [2.24, 2.45) is 0 Å². The first-order valence-electron chi connectivity index (χ1n) is 6.61. The summed E-state index contributed by atoms with van der Waals surface area (Å²) in [6.07, 6.45) is 0.741. The van der Waals surface area contributed by atoms with Crippen molar-refractivity contribution in [1.29, 1.82) is 0 Å². The number of methoxy groups -OCH3 is 1. The van der Waals surface area contributed by atoms with Crippen molar-refractivity contribution in [3.05, 3.63) is 59.1 Å². The van der Waals surface area contributed by atoms with E-state index >= 15 is 0 Å². The molecule has 5 heteroatoms. The van der Waals surface area contributed by atoms with Crippen LogP contribution in [0.2, 0.25) is 5.02 Å². The molecular weight excluding hydrogens is 288 g/mol. The van der Waals surface area contributed by atoms with E-state index in [0.29, 0.717) is 17.3 Å². The molecule has 2 aromatic carbocycles. The Bertz CT molecular complexity index is 599. The van der Waals surface area contributed by atoms with Gasteiger partial charge in [0.15, 0.2) is 0 Å². The third kappa shape index (κ3) is 5.00. The number of benzene rings is 2. The molecule has 0 heterocycles. The lowest BCUT2D eigenvalue weighted by molar-refractivity contribution is 0.252. The van der Waals surface area contributed by atoms with Crippen LogP contribution in [0.5, 0.6) is 5.75 Å². The van der Waals surface area contributed by atoms with Crippen molar-refractivity contribution in [3.8, 4) is 5.75 Å². The molecule has 0 spiro atoms. The third-order valence-electron chi connectivity index (χ3n) is 2.94. The predicted octanol–water partition coefficient (Wildman–Crippen LogP) is 3.71. The first-order chi connectivity index (χ1) is 10.2. The van der Waals surface area contributed by atoms with Crippen LogP contribution in [0.4, 0.5) is 10.5 Å². The van der Waals surface area contributed by atoms with E-state index in [2.05, 4.69) is 10.6 Å². The maximum absolute atomic E-state index is 11.7. The molecular formula is C16H17ClN2O2. The van der Waals surface area contributed by atoms with Gasteiger partial charge < -0.3 is 15.4 Å². The summed E-state index contributed by atoms with van der Waals surface area (Å²) in [4.78, 5) is 11.7. The molecule has 0 fully saturated rings. The topological polar surface area (TPSA) is 50.4 Å². The van der Waals surface area contributed by atoms with E-state index in [9.17, 15) is 4.79 Å². The van der Waals surface area contributed by atoms with Crippen LogP contribution in [0.3, 0.4) is 0 Å². The lowest BCUT2D eigenvalue weighted by Crippen LogP contribution is -2.30. The molecule has 0 atom stereocenters. The third-order valence-corrected chi connectivity index (χ3v) is 3.19. The van der Waals surface area contributed by atoms with E-state index in [1.165, 1.54) is 0 Å². The van der Waals surface area contributed by atoms with E-state index in [1.807, 2.05) is 24.3 Å². The number of hydrogen-bond acceptors (Lipinski definition) is 2. The average molecular weight is 305 g/mol. The molecule has 0 bridgehead atoms. The van der Waals surface area contributed by atoms with E-state index in [-0.39, 0.29) is 6.03 Å². The highest BCUT2D eigenvalue weighted by Gasteiger charge is 2.02. The SMILES string of the molecule is COc1cccc(CCNC(=O)Nc2ccc(Cl)cc2)c1. The van der Waals surface area contributed by atoms with Crippen LogP contribution in [0.25, 0.3) is 0 Å². The van der Waals surface area contributed by atoms with Gasteiger partial charge in [0.1, 0.15) is 5.75 Å². The molecule has 110 valence electrons. The van der Waals surface area contributed by atoms with Crippen LogP contribution in [0.15, 0.2) is 48.5 Å². The Morgan fingerprint density at radius 2 is 1.95 bits per heavy atom. The molecule has 4 nitrogen and oxygen atoms in total. The van der Waals surface area contributed by atoms with Crippen molar-refractivity contribution in [3.63, 3.8) is 0 Å². The molecule has 0 aliphatic rings. The summed E-state index contributed by atoms with van der Waals surface area (Å²) in [6, 6.07) is 14.5. The lowest BCUT2D eigenvalue weighted by Gasteiger charge is -2.08. The minimum atomic E-state index is -0.236. The van der Waals surface area contributed by atoms with E-state index in [0.717, 1.165) is 17.7 Å². The number of urea groups is 1. The monoisotopic (exact) mass is 304 g/mol. The van der Waals surface area contributed by atoms with Gasteiger partial charge in [-0.25, -0.2) is 4.79 Å². The first kappa shape index (κ1) is 15.2. The Labute approximate surface area is 129 Å². The standard InChI is InChI=1S/C16H17ClN2O2/c1-21-15-4-2-3-12(11-15)9-10-18-16(20)19-14-7-5-13(17)6-8-14/h2-8,11H,9-10H2,1H3,(H2,18,19,20). The normalized spacial score (nSPS) is 10.0. The Hall–Kier alpha value is -2.20. The Balaban J connectivity index is 1.77. The molecule has 0 radical (unpaired) electrons. The number of carbonyl (C=O) groups excluding carboxylic acids is 1. The number of rotatable bonds is 5. The van der Waals surface area contributed by atoms with Gasteiger partial charge in [0, 0.05) is 17.3 Å². The summed E-state index contributed by atoms with van der Waals surface area (Å²) in [5.41, 5.74) is 1.82. The number of ether oxygens (including phenoxy) is 1. The summed E-state index contributed by atoms with van der Waals surface area (Å²) >= 11 is 5.79. The predicted molar refractivity (Wildman–Crippen MR) is 85.2 cm³/mol. The van der Waals surface area contributed by atoms with Gasteiger partial charge in [-0.2, -0.15) is 0 Å². The van der Waals surface area contributed by atoms with Gasteiger partial charge in [0.2, 0.25) is 0 Å². The number of amides is 2. The van der Waals surface area contributed by atoms with E-state index < -0.39 is 0 Å². The number of anilines is 1. The van der Waals surface area contributed by atoms with Gasteiger partial charge in [-0.1, -0.05) is 23.7 Å². The van der Waals surface area contributed by atoms with Gasteiger partial charge >= 0.3 is 6.03 Å². The molecule has 2 aromatic rings. The average Bonchev–Trinajstić information content (AvgIpc) is 2.50. The zero-order valence-corrected chi connectivity index (χ0v) is 12.5. The fourth-order valence-electron chi connectivity index (χ4n) is 1.86. The number of halogens is 1. The van der Waals surface area contributed by atoms with Crippen molar-refractivity contribution >= 4 is 23.3 Å². The van der Waals surface area contributed by atoms with Crippen LogP contribution in [0, 0.1) is 0 Å². The summed E-state index contributed by atoms with van der Waals surface area (Å²) < 4.78 is 5.16. The van der Waals surface area contributed by atoms with Crippen LogP contribution in [0.1, 0.15) is 5.56 Å². The first-order valence-corrected chi connectivity index (χ1v) is 6.98. The number of carbonyl (C=O) groups is 1. The highest BCUT2D eigenvalue weighted by molar-refractivity contribution is 6.30. The minimum absolute atomic E-state index is 0.236. The summed E-state index contributed by atoms with van der Waals surface area (Å²) in [5, 5.41) is 6.19. The maximum atomic E-state index is 11.7. The Kier molecular flexibility index (Phi) is 5.46. The van der Waals surface area contributed by atoms with Crippen LogP contribution in [-0.2, 0) is 6.42 Å². The second kappa shape index (κ2) is 7.55. The fraction of sp³-hybridized carbons (Fsp3) is 0.188. The molecule has 0 aromatic heterocycles. The van der Waals surface area contributed by atoms with Crippen molar-refractivity contribution in [1.82, 2.24) is 5.32 Å². The Morgan fingerprint density at radius 1 is 1.19 bits per heavy atom. The van der Waals surface area contributed by atoms with Crippen LogP contribution < -0.4 is 15.4 Å². The highest BCUT2D eigenvalue weighted by atomic mass is 35.5. The van der Waals surface area contributed by atoms with Crippen LogP contribution >= 0.6 is 11.6 Å². The van der Waals surface area contributed by atoms with Crippen LogP contribution in [-0.4, -0.2) is 19.7 Å². The largest absolute Gasteiger partial charge is 0.497 e. The van der Waals surface area contributed by atoms with Gasteiger partial charge in [0.05, 0.1) is 7.11 Å². The van der Waals surface area contributed by atoms with Crippen molar-refractivity contribution < 1.29 is 9.53 Å². The summed E-state index contributed by atoms with van der Waals surface area (Å²) in [6.45, 7) is 0.548. The molecule has 0 saturated carbocycles. The van der Waals surface area contributed by atoms with E-state index in [1.54, 1.807) is 31.4 Å². The molecule has 2 rings (SSSR count). The van der Waals surface area contributed by atoms with Crippen molar-refractivity contribution in [2.45, 2.75) is 6.42 Å². The second-order valence-corrected chi connectivity index (χ2v) is 4.93. The lowest BCUT2D eigenvalue weighted by atomic mass is 10.1. The van der Waals surface area contributed by atoms with E-state index in [4.69, 9.17) is 16.3 Å². The molecule has 2 amide bonds. The van der Waals surface area contributed by atoms with Gasteiger partial charge in [-0.15, -0.1) is 0 Å². The van der Waals surface area contributed by atoms with Gasteiger partial charge in [0.25, 0.3) is 0 Å². The number of hydrogen-bond donors (Lipinski definition) is 2. The summed E-state index contributed by atoms with van der Waals surface area (Å²) in [5.74, 6) is 0.818. The number of nitrogens with one attached hydrogen (secondary N) is 2. The minimum Gasteiger partial charge on any atom is -0.497 e. The molecule has 0 aliphatic carbocycles. The molecule has 0 aliphatic heterocycles. The molecule has 0 saturated heterocycles. The zero-order chi connectivity index (χ0) is 15.1. The fourth-order valence-corrected chi connectivity index (χ4v) is 1.98. The maximum Gasteiger partial charge on any atom is 0.319 e.